The van der Waals surface area contributed by atoms with Gasteiger partial charge in [-0.25, -0.2) is 0 Å². The third kappa shape index (κ3) is 3.51. The van der Waals surface area contributed by atoms with Crippen molar-refractivity contribution in [2.75, 3.05) is 19.1 Å². The Labute approximate surface area is 245 Å². The van der Waals surface area contributed by atoms with Gasteiger partial charge in [-0.3, -0.25) is 33.8 Å². The monoisotopic (exact) mass is 596 g/mol. The molecule has 1 saturated carbocycles. The van der Waals surface area contributed by atoms with Crippen LogP contribution < -0.4 is 9.64 Å². The summed E-state index contributed by atoms with van der Waals surface area (Å²) in [6.07, 6.45) is 1.84. The van der Waals surface area contributed by atoms with Gasteiger partial charge in [-0.1, -0.05) is 17.7 Å². The molecule has 2 aromatic rings. The molecule has 2 aliphatic carbocycles. The maximum atomic E-state index is 14.0. The molecule has 11 heteroatoms. The number of nitrogens with zero attached hydrogens (tertiary/aromatic N) is 2. The van der Waals surface area contributed by atoms with Gasteiger partial charge in [0.1, 0.15) is 11.5 Å². The summed E-state index contributed by atoms with van der Waals surface area (Å²) in [5.41, 5.74) is 1.61. The Kier molecular flexibility index (Phi) is 6.14. The van der Waals surface area contributed by atoms with Crippen LogP contribution in [0.5, 0.6) is 11.5 Å². The summed E-state index contributed by atoms with van der Waals surface area (Å²) in [6, 6.07) is 10.8. The van der Waals surface area contributed by atoms with E-state index in [2.05, 4.69) is 0 Å². The molecule has 2 saturated heterocycles. The van der Waals surface area contributed by atoms with E-state index in [-0.39, 0.29) is 29.9 Å². The van der Waals surface area contributed by atoms with Crippen LogP contribution in [0.2, 0.25) is 0 Å². The lowest BCUT2D eigenvalue weighted by Crippen LogP contribution is -2.60. The second-order valence-corrected chi connectivity index (χ2v) is 12.3. The largest absolute Gasteiger partial charge is 0.508 e. The highest BCUT2D eigenvalue weighted by Crippen LogP contribution is 2.66. The fourth-order valence-corrected chi connectivity index (χ4v) is 8.10. The molecule has 2 heterocycles. The van der Waals surface area contributed by atoms with Crippen LogP contribution in [0.25, 0.3) is 0 Å². The number of likely N-dealkylation sites (tertiary alicyclic amines) is 1. The van der Waals surface area contributed by atoms with Gasteiger partial charge in [0.15, 0.2) is 15.5 Å². The van der Waals surface area contributed by atoms with Gasteiger partial charge in [-0.15, -0.1) is 23.2 Å². The lowest BCUT2D eigenvalue weighted by molar-refractivity contribution is -0.138. The Balaban J connectivity index is 1.49. The summed E-state index contributed by atoms with van der Waals surface area (Å²) in [6.45, 7) is 1.43. The van der Waals surface area contributed by atoms with Crippen LogP contribution in [0.15, 0.2) is 54.1 Å². The summed E-state index contributed by atoms with van der Waals surface area (Å²) >= 11 is 14.3. The number of anilines is 1. The minimum atomic E-state index is -1.99. The van der Waals surface area contributed by atoms with E-state index in [1.165, 1.54) is 27.1 Å². The molecule has 3 fully saturated rings. The molecule has 2 aliphatic heterocycles. The number of allylic oxidation sites excluding steroid dienone is 2. The number of hydrogen-bond acceptors (Lipinski definition) is 7. The van der Waals surface area contributed by atoms with Crippen molar-refractivity contribution in [1.29, 1.82) is 0 Å². The number of carbonyl (C=O) groups is 5. The number of rotatable bonds is 4. The fraction of sp³-hybridized carbons (Fsp3) is 0.367. The van der Waals surface area contributed by atoms with Crippen molar-refractivity contribution >= 4 is 58.3 Å². The number of hydrogen-bond donors (Lipinski definition) is 1. The number of phenolic OH excluding ortho intramolecular Hbond substituents is 1. The van der Waals surface area contributed by atoms with Crippen molar-refractivity contribution in [3.05, 3.63) is 65.2 Å². The molecule has 0 aromatic heterocycles. The van der Waals surface area contributed by atoms with Crippen LogP contribution in [0.4, 0.5) is 5.69 Å². The quantitative estimate of drug-likeness (QED) is 0.246. The zero-order chi connectivity index (χ0) is 29.6. The molecule has 2 aromatic carbocycles. The Morgan fingerprint density at radius 2 is 1.68 bits per heavy atom. The first-order valence-corrected chi connectivity index (χ1v) is 13.9. The van der Waals surface area contributed by atoms with Gasteiger partial charge in [0.05, 0.1) is 24.6 Å². The van der Waals surface area contributed by atoms with E-state index in [9.17, 15) is 29.1 Å². The van der Waals surface area contributed by atoms with Crippen molar-refractivity contribution in [3.8, 4) is 11.5 Å². The van der Waals surface area contributed by atoms with Gasteiger partial charge in [-0.2, -0.15) is 0 Å². The molecule has 0 bridgehead atoms. The number of methoxy groups -OCH3 is 1. The first-order chi connectivity index (χ1) is 19.4. The fourth-order valence-electron chi connectivity index (χ4n) is 7.08. The van der Waals surface area contributed by atoms with E-state index >= 15 is 0 Å². The Morgan fingerprint density at radius 1 is 1.00 bits per heavy atom. The number of amides is 4. The first-order valence-electron chi connectivity index (χ1n) is 13.1. The average Bonchev–Trinajstić information content (AvgIpc) is 3.28. The van der Waals surface area contributed by atoms with Gasteiger partial charge < -0.3 is 9.84 Å². The second kappa shape index (κ2) is 9.16. The van der Waals surface area contributed by atoms with Crippen molar-refractivity contribution in [2.45, 2.75) is 35.4 Å². The van der Waals surface area contributed by atoms with Crippen LogP contribution in [0.3, 0.4) is 0 Å². The molecule has 0 spiro atoms. The molecule has 6 unspecified atom stereocenters. The van der Waals surface area contributed by atoms with Crippen LogP contribution >= 0.6 is 23.2 Å². The average molecular weight is 597 g/mol. The lowest BCUT2D eigenvalue weighted by atomic mass is 9.56. The molecule has 4 amide bonds. The number of halogens is 2. The molecule has 4 aliphatic rings. The highest BCUT2D eigenvalue weighted by atomic mass is 35.5. The number of Topliss-reactive ketones (excluding diaryl/α,β-unsaturated/α-hetero) is 1. The molecule has 9 nitrogen and oxygen atoms in total. The summed E-state index contributed by atoms with van der Waals surface area (Å²) < 4.78 is 5.22. The van der Waals surface area contributed by atoms with Crippen molar-refractivity contribution < 1.29 is 33.8 Å². The summed E-state index contributed by atoms with van der Waals surface area (Å²) in [7, 11) is 2.75. The number of benzene rings is 2. The highest BCUT2D eigenvalue weighted by molar-refractivity contribution is 6.53. The predicted molar refractivity (Wildman–Crippen MR) is 149 cm³/mol. The van der Waals surface area contributed by atoms with E-state index in [0.29, 0.717) is 22.6 Å². The standard InChI is InChI=1S/C30H26Cl2N2O7/c1-14(35)15-4-6-16(7-5-15)34-25(37)20-11-10-18-21(23(20)26(34)38)13-29(31)27(39)33(2)28(40)30(29,32)24(18)19-9-8-17(41-3)12-22(19)36/h4-10,12,20-21,23-24,36H,11,13H2,1-3H3. The maximum absolute atomic E-state index is 14.0. The number of ketones is 1. The number of carbonyl (C=O) groups excluding carboxylic acids is 5. The summed E-state index contributed by atoms with van der Waals surface area (Å²) in [4.78, 5) is 64.6. The van der Waals surface area contributed by atoms with Gasteiger partial charge in [0, 0.05) is 30.2 Å². The van der Waals surface area contributed by atoms with E-state index < -0.39 is 57.0 Å². The number of ether oxygens (including phenoxy) is 1. The first kappa shape index (κ1) is 27.5. The van der Waals surface area contributed by atoms with Crippen molar-refractivity contribution in [1.82, 2.24) is 4.90 Å². The smallest absolute Gasteiger partial charge is 0.253 e. The molecule has 6 atom stereocenters. The Bertz CT molecular complexity index is 1590. The minimum absolute atomic E-state index is 0.147. The van der Waals surface area contributed by atoms with Gasteiger partial charge in [0.25, 0.3) is 11.8 Å². The number of imide groups is 2. The van der Waals surface area contributed by atoms with Crippen molar-refractivity contribution in [3.63, 3.8) is 0 Å². The normalized spacial score (nSPS) is 32.5. The number of aromatic hydroxyl groups is 1. The molecule has 0 radical (unpaired) electrons. The number of phenols is 1. The highest BCUT2D eigenvalue weighted by Gasteiger charge is 2.76. The zero-order valence-electron chi connectivity index (χ0n) is 22.4. The third-order valence-corrected chi connectivity index (χ3v) is 10.5. The van der Waals surface area contributed by atoms with Crippen LogP contribution in [-0.4, -0.2) is 63.3 Å². The summed E-state index contributed by atoms with van der Waals surface area (Å²) in [5, 5.41) is 11.1. The van der Waals surface area contributed by atoms with Gasteiger partial charge in [-0.05, 0) is 56.0 Å². The third-order valence-electron chi connectivity index (χ3n) is 9.09. The zero-order valence-corrected chi connectivity index (χ0v) is 23.9. The number of alkyl halides is 2. The SMILES string of the molecule is COc1ccc(C2C3=CCC4C(=O)N(c5ccc(C(C)=O)cc5)C(=O)C4C3CC3(Cl)C(=O)N(C)C(=O)C23Cl)c(O)c1. The summed E-state index contributed by atoms with van der Waals surface area (Å²) in [5.74, 6) is -5.64. The molecule has 41 heavy (non-hydrogen) atoms. The topological polar surface area (TPSA) is 121 Å². The Hall–Kier alpha value is -3.69. The van der Waals surface area contributed by atoms with Crippen molar-refractivity contribution in [2.24, 2.45) is 17.8 Å². The van der Waals surface area contributed by atoms with E-state index in [1.54, 1.807) is 42.5 Å². The van der Waals surface area contributed by atoms with E-state index in [0.717, 1.165) is 9.80 Å². The molecule has 212 valence electrons. The lowest BCUT2D eigenvalue weighted by Gasteiger charge is -2.50. The molecule has 1 N–H and O–H groups in total. The molecular weight excluding hydrogens is 571 g/mol. The van der Waals surface area contributed by atoms with Crippen LogP contribution in [0.1, 0.15) is 41.6 Å². The maximum Gasteiger partial charge on any atom is 0.253 e. The molecular formula is C30H26Cl2N2O7. The van der Waals surface area contributed by atoms with Crippen LogP contribution in [-0.2, 0) is 19.2 Å². The predicted octanol–water partition coefficient (Wildman–Crippen LogP) is 3.80. The van der Waals surface area contributed by atoms with Crippen LogP contribution in [0, 0.1) is 17.8 Å². The Morgan fingerprint density at radius 3 is 2.29 bits per heavy atom. The number of fused-ring (bicyclic) bond motifs is 4. The van der Waals surface area contributed by atoms with Gasteiger partial charge >= 0.3 is 0 Å². The second-order valence-electron chi connectivity index (χ2n) is 11.0. The van der Waals surface area contributed by atoms with E-state index in [1.807, 2.05) is 0 Å². The minimum Gasteiger partial charge on any atom is -0.508 e. The molecule has 6 rings (SSSR count). The van der Waals surface area contributed by atoms with E-state index in [4.69, 9.17) is 27.9 Å². The van der Waals surface area contributed by atoms with Gasteiger partial charge in [0.2, 0.25) is 11.8 Å².